The van der Waals surface area contributed by atoms with Crippen LogP contribution in [-0.4, -0.2) is 75.5 Å². The summed E-state index contributed by atoms with van der Waals surface area (Å²) >= 11 is 0. The van der Waals surface area contributed by atoms with E-state index in [1.54, 1.807) is 38.1 Å². The van der Waals surface area contributed by atoms with Crippen LogP contribution in [0.5, 0.6) is 5.75 Å². The number of ketones is 1. The Balaban J connectivity index is 1.65. The van der Waals surface area contributed by atoms with E-state index >= 15 is 0 Å². The summed E-state index contributed by atoms with van der Waals surface area (Å²) in [7, 11) is 0. The van der Waals surface area contributed by atoms with Crippen LogP contribution in [-0.2, 0) is 20.7 Å². The Morgan fingerprint density at radius 3 is 2.25 bits per heavy atom. The standard InChI is InChI=1S/C19H25NO8/c1-19(2)12(20-17(26)16(19)25)7-9-3-5-10(6-4-9)27-18-15(24)14(23)13(22)11(8-21)28-18/h3-6,11-15,18,21-24H,7-8H2,1-2H3,(H,20,26)/t11-,12?,13-,14+,15-,18-/m1/s1. The molecule has 2 heterocycles. The number of carbonyl (C=O) groups excluding carboxylic acids is 2. The number of aliphatic hydroxyl groups is 4. The highest BCUT2D eigenvalue weighted by Crippen LogP contribution is 2.30. The predicted octanol–water partition coefficient (Wildman–Crippen LogP) is -1.50. The molecule has 5 N–H and O–H groups in total. The first kappa shape index (κ1) is 20.7. The lowest BCUT2D eigenvalue weighted by Crippen LogP contribution is -2.60. The molecule has 2 saturated heterocycles. The Hall–Kier alpha value is -2.04. The summed E-state index contributed by atoms with van der Waals surface area (Å²) in [6.07, 6.45) is -6.29. The molecule has 0 saturated carbocycles. The zero-order valence-electron chi connectivity index (χ0n) is 15.6. The van der Waals surface area contributed by atoms with Crippen molar-refractivity contribution in [1.82, 2.24) is 5.32 Å². The molecule has 1 aromatic carbocycles. The van der Waals surface area contributed by atoms with Crippen molar-refractivity contribution >= 4 is 11.7 Å². The predicted molar refractivity (Wildman–Crippen MR) is 95.3 cm³/mol. The summed E-state index contributed by atoms with van der Waals surface area (Å²) in [5.74, 6) is -0.656. The zero-order valence-corrected chi connectivity index (χ0v) is 15.6. The van der Waals surface area contributed by atoms with Gasteiger partial charge in [0.05, 0.1) is 12.0 Å². The van der Waals surface area contributed by atoms with Gasteiger partial charge in [-0.25, -0.2) is 0 Å². The third kappa shape index (κ3) is 3.76. The summed E-state index contributed by atoms with van der Waals surface area (Å²) in [5.41, 5.74) is 0.0806. The highest BCUT2D eigenvalue weighted by Gasteiger charge is 2.47. The van der Waals surface area contributed by atoms with Gasteiger partial charge in [-0.05, 0) is 24.1 Å². The van der Waals surface area contributed by atoms with Gasteiger partial charge in [0, 0.05) is 6.04 Å². The van der Waals surface area contributed by atoms with E-state index in [0.29, 0.717) is 12.2 Å². The number of hydrogen-bond acceptors (Lipinski definition) is 8. The number of carbonyl (C=O) groups is 2. The zero-order chi connectivity index (χ0) is 20.6. The number of Topliss-reactive ketones (excluding diaryl/α,β-unsaturated/α-hetero) is 1. The van der Waals surface area contributed by atoms with Gasteiger partial charge in [0.15, 0.2) is 0 Å². The summed E-state index contributed by atoms with van der Waals surface area (Å²) in [4.78, 5) is 23.5. The molecule has 1 unspecified atom stereocenters. The molecular formula is C19H25NO8. The Morgan fingerprint density at radius 1 is 1.07 bits per heavy atom. The average molecular weight is 395 g/mol. The summed E-state index contributed by atoms with van der Waals surface area (Å²) in [5, 5.41) is 41.5. The van der Waals surface area contributed by atoms with Gasteiger partial charge in [-0.1, -0.05) is 26.0 Å². The van der Waals surface area contributed by atoms with Gasteiger partial charge in [-0.15, -0.1) is 0 Å². The van der Waals surface area contributed by atoms with Crippen LogP contribution in [0.25, 0.3) is 0 Å². The molecule has 0 bridgehead atoms. The SMILES string of the molecule is CC1(C)C(=O)C(=O)NC1Cc1ccc(O[C@@H]2O[C@H](CO)[C@@H](O)[C@H](O)[C@H]2O)cc1. The van der Waals surface area contributed by atoms with Crippen molar-refractivity contribution < 1.29 is 39.5 Å². The van der Waals surface area contributed by atoms with E-state index in [1.165, 1.54) is 0 Å². The third-order valence-electron chi connectivity index (χ3n) is 5.43. The first-order valence-electron chi connectivity index (χ1n) is 9.06. The van der Waals surface area contributed by atoms with Crippen LogP contribution < -0.4 is 10.1 Å². The second-order valence-electron chi connectivity index (χ2n) is 7.74. The van der Waals surface area contributed by atoms with E-state index in [2.05, 4.69) is 5.32 Å². The van der Waals surface area contributed by atoms with Crippen molar-refractivity contribution in [3.63, 3.8) is 0 Å². The molecule has 154 valence electrons. The van der Waals surface area contributed by atoms with Gasteiger partial charge < -0.3 is 35.2 Å². The lowest BCUT2D eigenvalue weighted by molar-refractivity contribution is -0.277. The molecule has 0 radical (unpaired) electrons. The largest absolute Gasteiger partial charge is 0.462 e. The van der Waals surface area contributed by atoms with Crippen LogP contribution in [0, 0.1) is 5.41 Å². The minimum atomic E-state index is -1.51. The molecule has 2 aliphatic heterocycles. The molecule has 9 nitrogen and oxygen atoms in total. The highest BCUT2D eigenvalue weighted by molar-refractivity contribution is 6.40. The van der Waals surface area contributed by atoms with Crippen molar-refractivity contribution in [2.75, 3.05) is 6.61 Å². The van der Waals surface area contributed by atoms with Gasteiger partial charge in [0.1, 0.15) is 30.2 Å². The summed E-state index contributed by atoms with van der Waals surface area (Å²) < 4.78 is 10.8. The Bertz CT molecular complexity index is 732. The molecule has 0 aliphatic carbocycles. The van der Waals surface area contributed by atoms with Crippen LogP contribution in [0.4, 0.5) is 0 Å². The maximum atomic E-state index is 11.9. The van der Waals surface area contributed by atoms with Gasteiger partial charge in [-0.2, -0.15) is 0 Å². The second kappa shape index (κ2) is 7.76. The van der Waals surface area contributed by atoms with E-state index in [4.69, 9.17) is 9.47 Å². The van der Waals surface area contributed by atoms with E-state index in [1.807, 2.05) is 0 Å². The van der Waals surface area contributed by atoms with Crippen LogP contribution in [0.15, 0.2) is 24.3 Å². The minimum Gasteiger partial charge on any atom is -0.462 e. The minimum absolute atomic E-state index is 0.315. The van der Waals surface area contributed by atoms with Crippen molar-refractivity contribution in [2.45, 2.75) is 57.0 Å². The fourth-order valence-corrected chi connectivity index (χ4v) is 3.40. The van der Waals surface area contributed by atoms with Gasteiger partial charge >= 0.3 is 0 Å². The quantitative estimate of drug-likeness (QED) is 0.379. The third-order valence-corrected chi connectivity index (χ3v) is 5.43. The maximum Gasteiger partial charge on any atom is 0.288 e. The highest BCUT2D eigenvalue weighted by atomic mass is 16.7. The molecule has 1 aromatic rings. The first-order valence-corrected chi connectivity index (χ1v) is 9.06. The van der Waals surface area contributed by atoms with Gasteiger partial charge in [-0.3, -0.25) is 9.59 Å². The van der Waals surface area contributed by atoms with Crippen molar-refractivity contribution in [1.29, 1.82) is 0 Å². The van der Waals surface area contributed by atoms with E-state index < -0.39 is 54.4 Å². The molecule has 3 rings (SSSR count). The molecule has 0 aromatic heterocycles. The second-order valence-corrected chi connectivity index (χ2v) is 7.74. The van der Waals surface area contributed by atoms with Crippen molar-refractivity contribution in [3.8, 4) is 5.75 Å². The topological polar surface area (TPSA) is 146 Å². The van der Waals surface area contributed by atoms with Crippen LogP contribution in [0.1, 0.15) is 19.4 Å². The first-order chi connectivity index (χ1) is 13.1. The summed E-state index contributed by atoms with van der Waals surface area (Å²) in [6, 6.07) is 6.45. The van der Waals surface area contributed by atoms with E-state index in [0.717, 1.165) is 5.56 Å². The monoisotopic (exact) mass is 395 g/mol. The normalized spacial score (nSPS) is 34.9. The number of benzene rings is 1. The lowest BCUT2D eigenvalue weighted by atomic mass is 9.81. The summed E-state index contributed by atoms with van der Waals surface area (Å²) in [6.45, 7) is 2.92. The molecular weight excluding hydrogens is 370 g/mol. The molecule has 28 heavy (non-hydrogen) atoms. The molecule has 9 heteroatoms. The Labute approximate surface area is 161 Å². The number of rotatable bonds is 5. The number of nitrogens with one attached hydrogen (secondary N) is 1. The van der Waals surface area contributed by atoms with Gasteiger partial charge in [0.25, 0.3) is 5.91 Å². The van der Waals surface area contributed by atoms with Crippen molar-refractivity contribution in [2.24, 2.45) is 5.41 Å². The maximum absolute atomic E-state index is 11.9. The molecule has 2 fully saturated rings. The van der Waals surface area contributed by atoms with E-state index in [9.17, 15) is 30.0 Å². The number of amides is 1. The number of ether oxygens (including phenoxy) is 2. The van der Waals surface area contributed by atoms with Gasteiger partial charge in [0.2, 0.25) is 12.1 Å². The molecule has 0 spiro atoms. The average Bonchev–Trinajstić information content (AvgIpc) is 2.86. The number of hydrogen-bond donors (Lipinski definition) is 5. The molecule has 1 amide bonds. The van der Waals surface area contributed by atoms with E-state index in [-0.39, 0.29) is 6.04 Å². The number of aliphatic hydroxyl groups excluding tert-OH is 4. The van der Waals surface area contributed by atoms with Crippen LogP contribution in [0.2, 0.25) is 0 Å². The lowest BCUT2D eigenvalue weighted by Gasteiger charge is -2.39. The van der Waals surface area contributed by atoms with Crippen LogP contribution >= 0.6 is 0 Å². The molecule has 6 atom stereocenters. The fourth-order valence-electron chi connectivity index (χ4n) is 3.40. The van der Waals surface area contributed by atoms with Crippen molar-refractivity contribution in [3.05, 3.63) is 29.8 Å². The van der Waals surface area contributed by atoms with Crippen LogP contribution in [0.3, 0.4) is 0 Å². The molecule has 2 aliphatic rings. The Morgan fingerprint density at radius 2 is 1.71 bits per heavy atom. The Kier molecular flexibility index (Phi) is 5.74. The fraction of sp³-hybridized carbons (Fsp3) is 0.579. The smallest absolute Gasteiger partial charge is 0.288 e.